The molecule has 0 radical (unpaired) electrons. The number of aromatic nitrogens is 4. The number of carbonyl (C=O) groups excluding carboxylic acids is 1. The average molecular weight is 441 g/mol. The number of nitrogens with zero attached hydrogens (tertiary/aromatic N) is 4. The zero-order chi connectivity index (χ0) is 18.9. The van der Waals surface area contributed by atoms with Crippen LogP contribution in [0.2, 0.25) is 5.02 Å². The number of rotatable bonds is 5. The molecule has 3 rings (SSSR count). The molecule has 136 valence electrons. The maximum atomic E-state index is 13.0. The summed E-state index contributed by atoms with van der Waals surface area (Å²) in [5.74, 6) is -0.340. The van der Waals surface area contributed by atoms with Crippen molar-refractivity contribution in [1.29, 1.82) is 0 Å². The van der Waals surface area contributed by atoms with Crippen LogP contribution in [-0.2, 0) is 16.9 Å². The van der Waals surface area contributed by atoms with Gasteiger partial charge in [0.05, 0.1) is 17.2 Å². The van der Waals surface area contributed by atoms with Crippen molar-refractivity contribution in [3.8, 4) is 0 Å². The van der Waals surface area contributed by atoms with Crippen molar-refractivity contribution in [2.45, 2.75) is 25.9 Å². The van der Waals surface area contributed by atoms with E-state index in [1.165, 1.54) is 12.1 Å². The first-order valence-corrected chi connectivity index (χ1v) is 8.92. The molecule has 0 saturated heterocycles. The number of anilines is 1. The highest BCUT2D eigenvalue weighted by molar-refractivity contribution is 9.10. The van der Waals surface area contributed by atoms with E-state index in [0.29, 0.717) is 11.6 Å². The van der Waals surface area contributed by atoms with Gasteiger partial charge in [0.25, 0.3) is 5.91 Å². The third-order valence-electron chi connectivity index (χ3n) is 3.89. The maximum absolute atomic E-state index is 13.0. The molecule has 0 fully saturated rings. The van der Waals surface area contributed by atoms with Gasteiger partial charge in [-0.15, -0.1) is 0 Å². The van der Waals surface area contributed by atoms with Gasteiger partial charge in [-0.2, -0.15) is 10.2 Å². The van der Waals surface area contributed by atoms with Gasteiger partial charge in [-0.25, -0.2) is 4.39 Å². The van der Waals surface area contributed by atoms with Gasteiger partial charge in [-0.3, -0.25) is 14.2 Å². The molecule has 0 saturated carbocycles. The summed E-state index contributed by atoms with van der Waals surface area (Å²) in [6.07, 6.45) is 4.94. The molecule has 3 aromatic rings. The summed E-state index contributed by atoms with van der Waals surface area (Å²) in [6, 6.07) is 6.10. The van der Waals surface area contributed by atoms with E-state index in [-0.39, 0.29) is 17.5 Å². The van der Waals surface area contributed by atoms with E-state index in [1.807, 2.05) is 0 Å². The average Bonchev–Trinajstić information content (AvgIpc) is 3.16. The second-order valence-corrected chi connectivity index (χ2v) is 7.59. The number of halogens is 3. The Labute approximate surface area is 163 Å². The van der Waals surface area contributed by atoms with E-state index in [1.54, 1.807) is 53.9 Å². The SMILES string of the molecule is CC(C)(C(=O)Nc1nn(Cc2ccc(F)cc2)cc1Cl)n1cc(Br)cn1. The zero-order valence-electron chi connectivity index (χ0n) is 14.1. The Balaban J connectivity index is 1.74. The van der Waals surface area contributed by atoms with Gasteiger partial charge in [-0.05, 0) is 47.5 Å². The van der Waals surface area contributed by atoms with Gasteiger partial charge in [-0.1, -0.05) is 23.7 Å². The van der Waals surface area contributed by atoms with Crippen molar-refractivity contribution in [1.82, 2.24) is 19.6 Å². The van der Waals surface area contributed by atoms with Crippen LogP contribution in [0.4, 0.5) is 10.2 Å². The smallest absolute Gasteiger partial charge is 0.253 e. The third-order valence-corrected chi connectivity index (χ3v) is 4.57. The monoisotopic (exact) mass is 439 g/mol. The van der Waals surface area contributed by atoms with Gasteiger partial charge < -0.3 is 5.32 Å². The van der Waals surface area contributed by atoms with Gasteiger partial charge in [0, 0.05) is 12.4 Å². The fourth-order valence-corrected chi connectivity index (χ4v) is 2.79. The van der Waals surface area contributed by atoms with Crippen LogP contribution in [0.15, 0.2) is 47.3 Å². The summed E-state index contributed by atoms with van der Waals surface area (Å²) in [5, 5.41) is 11.5. The number of hydrogen-bond acceptors (Lipinski definition) is 3. The Morgan fingerprint density at radius 3 is 2.62 bits per heavy atom. The molecule has 0 aliphatic rings. The summed E-state index contributed by atoms with van der Waals surface area (Å²) in [5.41, 5.74) is -0.0685. The number of nitrogens with one attached hydrogen (secondary N) is 1. The van der Waals surface area contributed by atoms with E-state index >= 15 is 0 Å². The lowest BCUT2D eigenvalue weighted by atomic mass is 10.1. The minimum atomic E-state index is -0.934. The van der Waals surface area contributed by atoms with Crippen LogP contribution in [0.3, 0.4) is 0 Å². The van der Waals surface area contributed by atoms with Crippen LogP contribution in [0.25, 0.3) is 0 Å². The summed E-state index contributed by atoms with van der Waals surface area (Å²) < 4.78 is 16.9. The zero-order valence-corrected chi connectivity index (χ0v) is 16.4. The van der Waals surface area contributed by atoms with E-state index in [0.717, 1.165) is 10.0 Å². The molecule has 0 aliphatic heterocycles. The molecule has 1 aromatic carbocycles. The first kappa shape index (κ1) is 18.6. The van der Waals surface area contributed by atoms with Crippen molar-refractivity contribution in [3.63, 3.8) is 0 Å². The molecule has 0 bridgehead atoms. The molecule has 6 nitrogen and oxygen atoms in total. The number of benzene rings is 1. The molecule has 1 N–H and O–H groups in total. The van der Waals surface area contributed by atoms with E-state index in [9.17, 15) is 9.18 Å². The largest absolute Gasteiger partial charge is 0.306 e. The second kappa shape index (κ2) is 7.20. The van der Waals surface area contributed by atoms with Crippen LogP contribution in [-0.4, -0.2) is 25.5 Å². The molecule has 0 spiro atoms. The van der Waals surface area contributed by atoms with Gasteiger partial charge in [0.15, 0.2) is 5.82 Å². The molecule has 0 unspecified atom stereocenters. The minimum absolute atomic E-state index is 0.262. The molecule has 2 aromatic heterocycles. The number of carbonyl (C=O) groups is 1. The topological polar surface area (TPSA) is 64.7 Å². The van der Waals surface area contributed by atoms with Gasteiger partial charge in [0.1, 0.15) is 16.4 Å². The molecular formula is C17H16BrClFN5O. The van der Waals surface area contributed by atoms with E-state index in [4.69, 9.17) is 11.6 Å². The van der Waals surface area contributed by atoms with E-state index in [2.05, 4.69) is 31.4 Å². The van der Waals surface area contributed by atoms with Crippen LogP contribution in [0.1, 0.15) is 19.4 Å². The summed E-state index contributed by atoms with van der Waals surface area (Å²) >= 11 is 9.51. The molecule has 0 atom stereocenters. The Morgan fingerprint density at radius 1 is 1.31 bits per heavy atom. The molecule has 0 aliphatic carbocycles. The van der Waals surface area contributed by atoms with E-state index < -0.39 is 5.54 Å². The molecule has 9 heteroatoms. The van der Waals surface area contributed by atoms with Crippen molar-refractivity contribution in [2.75, 3.05) is 5.32 Å². The predicted octanol–water partition coefficient (Wildman–Crippen LogP) is 4.06. The lowest BCUT2D eigenvalue weighted by Gasteiger charge is -2.23. The first-order chi connectivity index (χ1) is 12.3. The molecular weight excluding hydrogens is 425 g/mol. The highest BCUT2D eigenvalue weighted by Crippen LogP contribution is 2.24. The Bertz CT molecular complexity index is 935. The van der Waals surface area contributed by atoms with Crippen molar-refractivity contribution in [2.24, 2.45) is 0 Å². The maximum Gasteiger partial charge on any atom is 0.253 e. The molecule has 2 heterocycles. The standard InChI is InChI=1S/C17H16BrClFN5O/c1-17(2,25-9-12(18)7-21-25)16(26)22-15-14(19)10-24(23-15)8-11-3-5-13(20)6-4-11/h3-7,9-10H,8H2,1-2H3,(H,22,23,26). The summed E-state index contributed by atoms with van der Waals surface area (Å²) in [4.78, 5) is 12.7. The fraction of sp³-hybridized carbons (Fsp3) is 0.235. The molecule has 1 amide bonds. The highest BCUT2D eigenvalue weighted by Gasteiger charge is 2.31. The van der Waals surface area contributed by atoms with Gasteiger partial charge in [0.2, 0.25) is 0 Å². The van der Waals surface area contributed by atoms with Crippen molar-refractivity contribution >= 4 is 39.3 Å². The Hall–Kier alpha value is -2.19. The summed E-state index contributed by atoms with van der Waals surface area (Å²) in [6.45, 7) is 3.89. The van der Waals surface area contributed by atoms with Crippen LogP contribution in [0.5, 0.6) is 0 Å². The Kier molecular flexibility index (Phi) is 5.15. The molecule has 26 heavy (non-hydrogen) atoms. The van der Waals surface area contributed by atoms with Crippen LogP contribution >= 0.6 is 27.5 Å². The quantitative estimate of drug-likeness (QED) is 0.651. The van der Waals surface area contributed by atoms with Crippen LogP contribution < -0.4 is 5.32 Å². The van der Waals surface area contributed by atoms with Crippen molar-refractivity contribution < 1.29 is 9.18 Å². The highest BCUT2D eigenvalue weighted by atomic mass is 79.9. The summed E-state index contributed by atoms with van der Waals surface area (Å²) in [7, 11) is 0. The fourth-order valence-electron chi connectivity index (χ4n) is 2.31. The lowest BCUT2D eigenvalue weighted by molar-refractivity contribution is -0.123. The van der Waals surface area contributed by atoms with Crippen LogP contribution in [0, 0.1) is 5.82 Å². The Morgan fingerprint density at radius 2 is 2.00 bits per heavy atom. The second-order valence-electron chi connectivity index (χ2n) is 6.27. The lowest BCUT2D eigenvalue weighted by Crippen LogP contribution is -2.40. The third kappa shape index (κ3) is 3.96. The normalized spacial score (nSPS) is 11.6. The first-order valence-electron chi connectivity index (χ1n) is 7.75. The minimum Gasteiger partial charge on any atom is -0.306 e. The van der Waals surface area contributed by atoms with Crippen molar-refractivity contribution in [3.05, 3.63) is 63.7 Å². The number of amides is 1. The predicted molar refractivity (Wildman–Crippen MR) is 101 cm³/mol. The van der Waals surface area contributed by atoms with Gasteiger partial charge >= 0.3 is 0 Å². The number of hydrogen-bond donors (Lipinski definition) is 1.